The minimum atomic E-state index is -0.806. The lowest BCUT2D eigenvalue weighted by Crippen LogP contribution is -2.45. The minimum Gasteiger partial charge on any atom is -0.467 e. The van der Waals surface area contributed by atoms with Crippen LogP contribution in [-0.4, -0.2) is 43.6 Å². The van der Waals surface area contributed by atoms with Crippen LogP contribution in [0.15, 0.2) is 29.3 Å². The monoisotopic (exact) mass is 334 g/mol. The molecule has 0 radical (unpaired) electrons. The Morgan fingerprint density at radius 1 is 1.25 bits per heavy atom. The first kappa shape index (κ1) is 19.7. The summed E-state index contributed by atoms with van der Waals surface area (Å²) in [4.78, 5) is 28.0. The van der Waals surface area contributed by atoms with Gasteiger partial charge in [-0.3, -0.25) is 4.99 Å². The molecule has 1 aromatic carbocycles. The minimum absolute atomic E-state index is 0.317. The van der Waals surface area contributed by atoms with E-state index >= 15 is 0 Å². The summed E-state index contributed by atoms with van der Waals surface area (Å²) in [6, 6.07) is 6.81. The number of hydrogen-bond donors (Lipinski definition) is 1. The molecule has 1 rings (SSSR count). The Bertz CT molecular complexity index is 574. The van der Waals surface area contributed by atoms with Gasteiger partial charge in [-0.2, -0.15) is 0 Å². The summed E-state index contributed by atoms with van der Waals surface area (Å²) in [6.45, 7) is 7.98. The van der Waals surface area contributed by atoms with Gasteiger partial charge < -0.3 is 14.8 Å². The predicted octanol–water partition coefficient (Wildman–Crippen LogP) is 2.73. The average molecular weight is 334 g/mol. The molecule has 6 heteroatoms. The van der Waals surface area contributed by atoms with E-state index in [0.717, 1.165) is 17.7 Å². The molecular weight excluding hydrogens is 308 g/mol. The standard InChI is InChI=1S/C18H26N2O4/c1-6-19-12-14-9-7-13(8-10-14)11-15(16(21)23-5)20-17(22)24-18(2,3)4/h7-10,12,15H,6,11H2,1-5H3,(H,20,22). The molecule has 0 saturated carbocycles. The molecule has 0 heterocycles. The van der Waals surface area contributed by atoms with E-state index in [0.29, 0.717) is 6.42 Å². The summed E-state index contributed by atoms with van der Waals surface area (Å²) >= 11 is 0. The lowest BCUT2D eigenvalue weighted by Gasteiger charge is -2.22. The fraction of sp³-hybridized carbons (Fsp3) is 0.500. The lowest BCUT2D eigenvalue weighted by atomic mass is 10.0. The van der Waals surface area contributed by atoms with Crippen molar-refractivity contribution in [2.24, 2.45) is 4.99 Å². The Morgan fingerprint density at radius 2 is 1.88 bits per heavy atom. The highest BCUT2D eigenvalue weighted by Crippen LogP contribution is 2.10. The van der Waals surface area contributed by atoms with Crippen LogP contribution in [0.1, 0.15) is 38.8 Å². The van der Waals surface area contributed by atoms with Crippen molar-refractivity contribution in [2.75, 3.05) is 13.7 Å². The van der Waals surface area contributed by atoms with Crippen molar-refractivity contribution in [1.29, 1.82) is 0 Å². The summed E-state index contributed by atoms with van der Waals surface area (Å²) in [5.41, 5.74) is 1.25. The quantitative estimate of drug-likeness (QED) is 0.641. The average Bonchev–Trinajstić information content (AvgIpc) is 2.51. The van der Waals surface area contributed by atoms with Crippen molar-refractivity contribution in [1.82, 2.24) is 5.32 Å². The Balaban J connectivity index is 2.77. The van der Waals surface area contributed by atoms with Gasteiger partial charge >= 0.3 is 12.1 Å². The molecule has 1 atom stereocenters. The van der Waals surface area contributed by atoms with Gasteiger partial charge in [0.2, 0.25) is 0 Å². The molecule has 0 fully saturated rings. The van der Waals surface area contributed by atoms with Crippen molar-refractivity contribution in [3.05, 3.63) is 35.4 Å². The van der Waals surface area contributed by atoms with E-state index in [1.807, 2.05) is 31.2 Å². The van der Waals surface area contributed by atoms with E-state index in [2.05, 4.69) is 10.3 Å². The molecule has 0 aliphatic rings. The third-order valence-corrected chi connectivity index (χ3v) is 3.02. The third-order valence-electron chi connectivity index (χ3n) is 3.02. The topological polar surface area (TPSA) is 77.0 Å². The normalized spacial score (nSPS) is 12.7. The van der Waals surface area contributed by atoms with Crippen molar-refractivity contribution in [3.63, 3.8) is 0 Å². The van der Waals surface area contributed by atoms with E-state index < -0.39 is 23.7 Å². The van der Waals surface area contributed by atoms with Gasteiger partial charge in [-0.25, -0.2) is 9.59 Å². The summed E-state index contributed by atoms with van der Waals surface area (Å²) in [5.74, 6) is -0.516. The van der Waals surface area contributed by atoms with E-state index in [9.17, 15) is 9.59 Å². The zero-order valence-electron chi connectivity index (χ0n) is 15.0. The van der Waals surface area contributed by atoms with Crippen LogP contribution < -0.4 is 5.32 Å². The number of esters is 1. The van der Waals surface area contributed by atoms with Gasteiger partial charge in [0.1, 0.15) is 11.6 Å². The molecule has 0 spiro atoms. The summed E-state index contributed by atoms with van der Waals surface area (Å²) in [7, 11) is 1.29. The largest absolute Gasteiger partial charge is 0.467 e. The van der Waals surface area contributed by atoms with Crippen LogP contribution in [0.3, 0.4) is 0 Å². The number of nitrogens with one attached hydrogen (secondary N) is 1. The van der Waals surface area contributed by atoms with Crippen LogP contribution in [0.5, 0.6) is 0 Å². The molecule has 0 aliphatic heterocycles. The number of hydrogen-bond acceptors (Lipinski definition) is 5. The molecule has 6 nitrogen and oxygen atoms in total. The number of nitrogens with zero attached hydrogens (tertiary/aromatic N) is 1. The fourth-order valence-electron chi connectivity index (χ4n) is 1.96. The van der Waals surface area contributed by atoms with Gasteiger partial charge in [0.05, 0.1) is 7.11 Å². The highest BCUT2D eigenvalue weighted by atomic mass is 16.6. The molecule has 0 bridgehead atoms. The number of ether oxygens (including phenoxy) is 2. The van der Waals surface area contributed by atoms with E-state index in [1.165, 1.54) is 7.11 Å². The third kappa shape index (κ3) is 7.26. The second-order valence-electron chi connectivity index (χ2n) is 6.30. The molecule has 1 N–H and O–H groups in total. The van der Waals surface area contributed by atoms with Crippen LogP contribution in [0.25, 0.3) is 0 Å². The number of methoxy groups -OCH3 is 1. The van der Waals surface area contributed by atoms with Gasteiger partial charge in [-0.05, 0) is 38.8 Å². The first-order valence-electron chi connectivity index (χ1n) is 7.91. The fourth-order valence-corrected chi connectivity index (χ4v) is 1.96. The van der Waals surface area contributed by atoms with Gasteiger partial charge in [0, 0.05) is 19.2 Å². The molecule has 1 amide bonds. The summed E-state index contributed by atoms with van der Waals surface area (Å²) < 4.78 is 9.95. The maximum Gasteiger partial charge on any atom is 0.408 e. The number of rotatable bonds is 6. The van der Waals surface area contributed by atoms with Crippen LogP contribution in [0.4, 0.5) is 4.79 Å². The smallest absolute Gasteiger partial charge is 0.408 e. The Morgan fingerprint density at radius 3 is 2.38 bits per heavy atom. The van der Waals surface area contributed by atoms with Crippen LogP contribution in [-0.2, 0) is 20.7 Å². The van der Waals surface area contributed by atoms with Crippen molar-refractivity contribution >= 4 is 18.3 Å². The second kappa shape index (κ2) is 9.05. The maximum absolute atomic E-state index is 11.9. The number of carbonyl (C=O) groups is 2. The van der Waals surface area contributed by atoms with Crippen LogP contribution in [0, 0.1) is 0 Å². The molecule has 0 aliphatic carbocycles. The molecule has 1 aromatic rings. The van der Waals surface area contributed by atoms with Crippen molar-refractivity contribution in [2.45, 2.75) is 45.8 Å². The molecule has 24 heavy (non-hydrogen) atoms. The van der Waals surface area contributed by atoms with E-state index in [4.69, 9.17) is 9.47 Å². The lowest BCUT2D eigenvalue weighted by molar-refractivity contribution is -0.143. The predicted molar refractivity (Wildman–Crippen MR) is 93.5 cm³/mol. The van der Waals surface area contributed by atoms with E-state index in [1.54, 1.807) is 27.0 Å². The number of aliphatic imine (C=N–C) groups is 1. The SMILES string of the molecule is CCN=Cc1ccc(CC(NC(=O)OC(C)(C)C)C(=O)OC)cc1. The zero-order valence-corrected chi connectivity index (χ0v) is 15.0. The number of amides is 1. The van der Waals surface area contributed by atoms with Crippen molar-refractivity contribution in [3.8, 4) is 0 Å². The molecule has 0 saturated heterocycles. The van der Waals surface area contributed by atoms with Crippen molar-refractivity contribution < 1.29 is 19.1 Å². The maximum atomic E-state index is 11.9. The summed E-state index contributed by atoms with van der Waals surface area (Å²) in [5, 5.41) is 2.56. The van der Waals surface area contributed by atoms with Gasteiger partial charge in [0.25, 0.3) is 0 Å². The number of alkyl carbamates (subject to hydrolysis) is 1. The van der Waals surface area contributed by atoms with Gasteiger partial charge in [-0.15, -0.1) is 0 Å². The second-order valence-corrected chi connectivity index (χ2v) is 6.30. The Kier molecular flexibility index (Phi) is 7.42. The van der Waals surface area contributed by atoms with Gasteiger partial charge in [0.15, 0.2) is 0 Å². The highest BCUT2D eigenvalue weighted by Gasteiger charge is 2.25. The first-order chi connectivity index (χ1) is 11.2. The molecule has 1 unspecified atom stereocenters. The Labute approximate surface area is 143 Å². The zero-order chi connectivity index (χ0) is 18.2. The number of benzene rings is 1. The Hall–Kier alpha value is -2.37. The molecular formula is C18H26N2O4. The van der Waals surface area contributed by atoms with Crippen LogP contribution >= 0.6 is 0 Å². The first-order valence-corrected chi connectivity index (χ1v) is 7.91. The van der Waals surface area contributed by atoms with E-state index in [-0.39, 0.29) is 0 Å². The number of carbonyl (C=O) groups excluding carboxylic acids is 2. The highest BCUT2D eigenvalue weighted by molar-refractivity contribution is 5.82. The molecule has 0 aromatic heterocycles. The van der Waals surface area contributed by atoms with Crippen LogP contribution in [0.2, 0.25) is 0 Å². The summed E-state index contributed by atoms with van der Waals surface area (Å²) in [6.07, 6.45) is 1.46. The molecule has 132 valence electrons. The van der Waals surface area contributed by atoms with Gasteiger partial charge in [-0.1, -0.05) is 24.3 Å².